The molecule has 1 aromatic heterocycles. The third kappa shape index (κ3) is 4.04. The number of benzene rings is 1. The third-order valence-electron chi connectivity index (χ3n) is 7.49. The van der Waals surface area contributed by atoms with Crippen LogP contribution >= 0.6 is 0 Å². The Bertz CT molecular complexity index is 1160. The Morgan fingerprint density at radius 1 is 1.18 bits per heavy atom. The van der Waals surface area contributed by atoms with Crippen LogP contribution in [0.15, 0.2) is 18.2 Å². The van der Waals surface area contributed by atoms with Crippen molar-refractivity contribution in [2.75, 3.05) is 4.90 Å². The van der Waals surface area contributed by atoms with Crippen LogP contribution < -0.4 is 10.6 Å². The van der Waals surface area contributed by atoms with Gasteiger partial charge in [0.1, 0.15) is 5.82 Å². The van der Waals surface area contributed by atoms with Crippen molar-refractivity contribution in [1.82, 2.24) is 4.57 Å². The summed E-state index contributed by atoms with van der Waals surface area (Å²) in [6.45, 7) is 5.72. The van der Waals surface area contributed by atoms with Gasteiger partial charge in [-0.1, -0.05) is 0 Å². The SMILES string of the molecule is Cc1cc(N(C(=O)C(=O)c2c(C)c(C(N)=O)c3n2CCCC3)C2(C)CCC(O)CC2)ccc1F. The molecule has 1 fully saturated rings. The van der Waals surface area contributed by atoms with Crippen LogP contribution in [0, 0.1) is 19.7 Å². The predicted octanol–water partition coefficient (Wildman–Crippen LogP) is 3.59. The molecular formula is C26H32FN3O4. The van der Waals surface area contributed by atoms with Gasteiger partial charge in [0.2, 0.25) is 0 Å². The third-order valence-corrected chi connectivity index (χ3v) is 7.49. The topological polar surface area (TPSA) is 106 Å². The highest BCUT2D eigenvalue weighted by Crippen LogP contribution is 2.38. The molecule has 8 heteroatoms. The van der Waals surface area contributed by atoms with Crippen molar-refractivity contribution in [3.63, 3.8) is 0 Å². The smallest absolute Gasteiger partial charge is 0.301 e. The average Bonchev–Trinajstić information content (AvgIpc) is 3.09. The number of aliphatic hydroxyl groups is 1. The fraction of sp³-hybridized carbons (Fsp3) is 0.500. The number of fused-ring (bicyclic) bond motifs is 1. The first-order valence-corrected chi connectivity index (χ1v) is 11.9. The molecule has 2 amide bonds. The number of rotatable bonds is 5. The Morgan fingerprint density at radius 3 is 2.47 bits per heavy atom. The minimum Gasteiger partial charge on any atom is -0.393 e. The van der Waals surface area contributed by atoms with Gasteiger partial charge < -0.3 is 15.4 Å². The van der Waals surface area contributed by atoms with E-state index in [2.05, 4.69) is 0 Å². The number of nitrogens with zero attached hydrogens (tertiary/aromatic N) is 2. The highest BCUT2D eigenvalue weighted by Gasteiger charge is 2.43. The van der Waals surface area contributed by atoms with Crippen LogP contribution in [-0.2, 0) is 17.8 Å². The molecule has 2 aliphatic rings. The van der Waals surface area contributed by atoms with Crippen LogP contribution in [0.1, 0.15) is 83.1 Å². The lowest BCUT2D eigenvalue weighted by Crippen LogP contribution is -2.55. The van der Waals surface area contributed by atoms with E-state index >= 15 is 0 Å². The normalized spacial score (nSPS) is 22.2. The number of carbonyl (C=O) groups is 3. The number of hydrogen-bond donors (Lipinski definition) is 2. The van der Waals surface area contributed by atoms with Gasteiger partial charge >= 0.3 is 5.91 Å². The first-order chi connectivity index (χ1) is 16.0. The molecule has 0 unspecified atom stereocenters. The molecule has 182 valence electrons. The molecule has 7 nitrogen and oxygen atoms in total. The maximum Gasteiger partial charge on any atom is 0.301 e. The quantitative estimate of drug-likeness (QED) is 0.516. The molecule has 34 heavy (non-hydrogen) atoms. The van der Waals surface area contributed by atoms with Gasteiger partial charge in [-0.05, 0) is 95.0 Å². The Hall–Kier alpha value is -3.00. The van der Waals surface area contributed by atoms with Crippen LogP contribution in [0.4, 0.5) is 10.1 Å². The van der Waals surface area contributed by atoms with E-state index in [1.165, 1.54) is 17.0 Å². The highest BCUT2D eigenvalue weighted by atomic mass is 19.1. The van der Waals surface area contributed by atoms with E-state index in [9.17, 15) is 23.9 Å². The summed E-state index contributed by atoms with van der Waals surface area (Å²) in [5.41, 5.74) is 7.40. The number of aliphatic hydroxyl groups excluding tert-OH is 1. The maximum absolute atomic E-state index is 14.0. The molecule has 1 aromatic carbocycles. The lowest BCUT2D eigenvalue weighted by molar-refractivity contribution is -0.116. The van der Waals surface area contributed by atoms with Crippen LogP contribution in [-0.4, -0.2) is 38.9 Å². The zero-order chi connectivity index (χ0) is 24.8. The predicted molar refractivity (Wildman–Crippen MR) is 126 cm³/mol. The number of primary amides is 1. The molecule has 3 N–H and O–H groups in total. The van der Waals surface area contributed by atoms with E-state index in [1.807, 2.05) is 6.92 Å². The summed E-state index contributed by atoms with van der Waals surface area (Å²) < 4.78 is 15.8. The number of amides is 2. The summed E-state index contributed by atoms with van der Waals surface area (Å²) in [5, 5.41) is 10.1. The van der Waals surface area contributed by atoms with Gasteiger partial charge in [-0.25, -0.2) is 4.39 Å². The van der Waals surface area contributed by atoms with Gasteiger partial charge in [0.15, 0.2) is 0 Å². The number of carbonyl (C=O) groups excluding carboxylic acids is 3. The van der Waals surface area contributed by atoms with E-state index in [0.29, 0.717) is 66.7 Å². The van der Waals surface area contributed by atoms with E-state index in [-0.39, 0.29) is 5.69 Å². The van der Waals surface area contributed by atoms with Crippen molar-refractivity contribution in [2.45, 2.75) is 83.9 Å². The van der Waals surface area contributed by atoms with Gasteiger partial charge in [-0.2, -0.15) is 0 Å². The summed E-state index contributed by atoms with van der Waals surface area (Å²) in [5.74, 6) is -2.43. The number of aryl methyl sites for hydroxylation is 1. The second-order valence-electron chi connectivity index (χ2n) is 9.90. The molecule has 0 radical (unpaired) electrons. The number of hydrogen-bond acceptors (Lipinski definition) is 4. The Morgan fingerprint density at radius 2 is 1.85 bits per heavy atom. The van der Waals surface area contributed by atoms with Crippen LogP contribution in [0.5, 0.6) is 0 Å². The zero-order valence-corrected chi connectivity index (χ0v) is 20.0. The summed E-state index contributed by atoms with van der Waals surface area (Å²) in [6.07, 6.45) is 3.89. The van der Waals surface area contributed by atoms with Crippen molar-refractivity contribution < 1.29 is 23.9 Å². The van der Waals surface area contributed by atoms with Gasteiger partial charge in [0.05, 0.1) is 17.4 Å². The fourth-order valence-corrected chi connectivity index (χ4v) is 5.59. The Kier molecular flexibility index (Phi) is 6.38. The second-order valence-corrected chi connectivity index (χ2v) is 9.90. The molecule has 1 saturated carbocycles. The summed E-state index contributed by atoms with van der Waals surface area (Å²) >= 11 is 0. The molecule has 1 aliphatic heterocycles. The minimum absolute atomic E-state index is 0.205. The van der Waals surface area contributed by atoms with Crippen molar-refractivity contribution in [3.8, 4) is 0 Å². The Labute approximate surface area is 198 Å². The molecule has 2 heterocycles. The van der Waals surface area contributed by atoms with Crippen molar-refractivity contribution >= 4 is 23.3 Å². The van der Waals surface area contributed by atoms with Gasteiger partial charge in [-0.3, -0.25) is 19.3 Å². The molecule has 0 bridgehead atoms. The highest BCUT2D eigenvalue weighted by molar-refractivity contribution is 6.47. The van der Waals surface area contributed by atoms with E-state index in [4.69, 9.17) is 5.73 Å². The summed E-state index contributed by atoms with van der Waals surface area (Å²) in [4.78, 5) is 41.4. The number of nitrogens with two attached hydrogens (primary N) is 1. The lowest BCUT2D eigenvalue weighted by atomic mass is 9.79. The molecular weight excluding hydrogens is 437 g/mol. The summed E-state index contributed by atoms with van der Waals surface area (Å²) in [7, 11) is 0. The van der Waals surface area contributed by atoms with Gasteiger partial charge in [0.25, 0.3) is 11.7 Å². The fourth-order valence-electron chi connectivity index (χ4n) is 5.59. The first kappa shape index (κ1) is 24.1. The van der Waals surface area contributed by atoms with Crippen molar-refractivity contribution in [2.24, 2.45) is 5.73 Å². The average molecular weight is 470 g/mol. The summed E-state index contributed by atoms with van der Waals surface area (Å²) in [6, 6.07) is 4.39. The molecule has 2 aromatic rings. The number of Topliss-reactive ketones (excluding diaryl/α,β-unsaturated/α-hetero) is 1. The van der Waals surface area contributed by atoms with E-state index in [1.54, 1.807) is 24.5 Å². The first-order valence-electron chi connectivity index (χ1n) is 11.9. The lowest BCUT2D eigenvalue weighted by Gasteiger charge is -2.45. The van der Waals surface area contributed by atoms with Gasteiger partial charge in [0, 0.05) is 23.5 Å². The largest absolute Gasteiger partial charge is 0.393 e. The van der Waals surface area contributed by atoms with E-state index in [0.717, 1.165) is 12.8 Å². The van der Waals surface area contributed by atoms with Crippen LogP contribution in [0.25, 0.3) is 0 Å². The number of halogens is 1. The van der Waals surface area contributed by atoms with E-state index < -0.39 is 35.1 Å². The maximum atomic E-state index is 14.0. The molecule has 0 atom stereocenters. The van der Waals surface area contributed by atoms with Crippen LogP contribution in [0.3, 0.4) is 0 Å². The monoisotopic (exact) mass is 469 g/mol. The molecule has 0 saturated heterocycles. The standard InChI is InChI=1S/C26H32FN3O4/c1-15-14-17(7-8-19(15)27)30(26(3)11-9-18(31)10-12-26)25(34)23(32)22-16(2)21(24(28)33)20-6-4-5-13-29(20)22/h7-8,14,18,31H,4-6,9-13H2,1-3H3,(H2,28,33). The minimum atomic E-state index is -0.728. The number of anilines is 1. The van der Waals surface area contributed by atoms with Crippen molar-refractivity contribution in [3.05, 3.63) is 52.1 Å². The molecule has 1 aliphatic carbocycles. The van der Waals surface area contributed by atoms with Gasteiger partial charge in [-0.15, -0.1) is 0 Å². The molecule has 0 spiro atoms. The van der Waals surface area contributed by atoms with Crippen molar-refractivity contribution in [1.29, 1.82) is 0 Å². The Balaban J connectivity index is 1.82. The number of aromatic nitrogens is 1. The zero-order valence-electron chi connectivity index (χ0n) is 20.0. The second kappa shape index (κ2) is 8.98. The molecule has 4 rings (SSSR count). The van der Waals surface area contributed by atoms with Crippen LogP contribution in [0.2, 0.25) is 0 Å². The number of ketones is 1.